The maximum atomic E-state index is 11.7. The van der Waals surface area contributed by atoms with Crippen LogP contribution in [0.4, 0.5) is 0 Å². The second kappa shape index (κ2) is 7.84. The van der Waals surface area contributed by atoms with Gasteiger partial charge >= 0.3 is 5.97 Å². The zero-order valence-corrected chi connectivity index (χ0v) is 13.2. The van der Waals surface area contributed by atoms with Crippen LogP contribution in [0.3, 0.4) is 0 Å². The standard InChI is InChI=1S/C14H17Cl2NO4/c1-19-14(18)12-9-20-6-4-17(12)5-7-21-13-3-2-10(15)8-11(13)16/h2-3,8,12H,4-7,9H2,1H3. The summed E-state index contributed by atoms with van der Waals surface area (Å²) < 4.78 is 15.7. The molecule has 7 heteroatoms. The molecule has 0 bridgehead atoms. The largest absolute Gasteiger partial charge is 0.491 e. The number of halogens is 2. The van der Waals surface area contributed by atoms with Crippen LogP contribution in [-0.2, 0) is 14.3 Å². The molecule has 1 atom stereocenters. The molecule has 0 N–H and O–H groups in total. The Hall–Kier alpha value is -1.01. The molecule has 116 valence electrons. The summed E-state index contributed by atoms with van der Waals surface area (Å²) in [4.78, 5) is 13.7. The van der Waals surface area contributed by atoms with Crippen LogP contribution in [-0.4, -0.2) is 56.9 Å². The van der Waals surface area contributed by atoms with Crippen molar-refractivity contribution in [2.24, 2.45) is 0 Å². The van der Waals surface area contributed by atoms with E-state index in [1.807, 2.05) is 4.90 Å². The Labute approximate surface area is 133 Å². The maximum Gasteiger partial charge on any atom is 0.325 e. The van der Waals surface area contributed by atoms with Gasteiger partial charge in [0.25, 0.3) is 0 Å². The van der Waals surface area contributed by atoms with E-state index in [9.17, 15) is 4.79 Å². The van der Waals surface area contributed by atoms with Crippen LogP contribution in [0.2, 0.25) is 10.0 Å². The van der Waals surface area contributed by atoms with E-state index in [0.29, 0.717) is 48.7 Å². The third-order valence-corrected chi connectivity index (χ3v) is 3.77. The number of hydrogen-bond acceptors (Lipinski definition) is 5. The summed E-state index contributed by atoms with van der Waals surface area (Å²) in [5.74, 6) is 0.281. The summed E-state index contributed by atoms with van der Waals surface area (Å²) in [6.45, 7) is 2.60. The highest BCUT2D eigenvalue weighted by Crippen LogP contribution is 2.27. The molecule has 0 aromatic heterocycles. The monoisotopic (exact) mass is 333 g/mol. The Morgan fingerprint density at radius 2 is 2.29 bits per heavy atom. The number of carbonyl (C=O) groups excluding carboxylic acids is 1. The Kier molecular flexibility index (Phi) is 6.11. The van der Waals surface area contributed by atoms with Gasteiger partial charge in [-0.25, -0.2) is 0 Å². The summed E-state index contributed by atoms with van der Waals surface area (Å²) in [5.41, 5.74) is 0. The fraction of sp³-hybridized carbons (Fsp3) is 0.500. The molecule has 0 spiro atoms. The van der Waals surface area contributed by atoms with Gasteiger partial charge in [0.15, 0.2) is 0 Å². The topological polar surface area (TPSA) is 48.0 Å². The highest BCUT2D eigenvalue weighted by atomic mass is 35.5. The molecule has 1 aliphatic rings. The first-order valence-electron chi connectivity index (χ1n) is 6.59. The van der Waals surface area contributed by atoms with Crippen LogP contribution in [0.25, 0.3) is 0 Å². The van der Waals surface area contributed by atoms with Crippen molar-refractivity contribution in [2.75, 3.05) is 40.0 Å². The predicted octanol–water partition coefficient (Wildman–Crippen LogP) is 2.25. The average Bonchev–Trinajstić information content (AvgIpc) is 2.49. The molecule has 0 saturated carbocycles. The number of benzene rings is 1. The normalized spacial score (nSPS) is 19.3. The van der Waals surface area contributed by atoms with Crippen molar-refractivity contribution >= 4 is 29.2 Å². The number of rotatable bonds is 5. The zero-order valence-electron chi connectivity index (χ0n) is 11.7. The van der Waals surface area contributed by atoms with Gasteiger partial charge in [-0.1, -0.05) is 23.2 Å². The van der Waals surface area contributed by atoms with Crippen LogP contribution >= 0.6 is 23.2 Å². The minimum Gasteiger partial charge on any atom is -0.491 e. The molecule has 1 aliphatic heterocycles. The SMILES string of the molecule is COC(=O)C1COCCN1CCOc1ccc(Cl)cc1Cl. The van der Waals surface area contributed by atoms with E-state index >= 15 is 0 Å². The first-order valence-corrected chi connectivity index (χ1v) is 7.35. The lowest BCUT2D eigenvalue weighted by Crippen LogP contribution is -2.51. The fourth-order valence-electron chi connectivity index (χ4n) is 2.12. The Balaban J connectivity index is 1.87. The molecule has 1 aromatic rings. The molecule has 1 fully saturated rings. The van der Waals surface area contributed by atoms with E-state index in [4.69, 9.17) is 37.4 Å². The zero-order chi connectivity index (χ0) is 15.2. The van der Waals surface area contributed by atoms with Gasteiger partial charge in [-0.2, -0.15) is 0 Å². The maximum absolute atomic E-state index is 11.7. The second-order valence-electron chi connectivity index (χ2n) is 4.57. The van der Waals surface area contributed by atoms with Crippen molar-refractivity contribution in [1.29, 1.82) is 0 Å². The van der Waals surface area contributed by atoms with Crippen LogP contribution in [0.15, 0.2) is 18.2 Å². The number of hydrogen-bond donors (Lipinski definition) is 0. The fourth-order valence-corrected chi connectivity index (χ4v) is 2.59. The lowest BCUT2D eigenvalue weighted by molar-refractivity contribution is -0.153. The van der Waals surface area contributed by atoms with Crippen molar-refractivity contribution in [3.63, 3.8) is 0 Å². The number of esters is 1. The lowest BCUT2D eigenvalue weighted by atomic mass is 10.2. The summed E-state index contributed by atoms with van der Waals surface area (Å²) in [6, 6.07) is 4.69. The molecule has 1 unspecified atom stereocenters. The molecule has 21 heavy (non-hydrogen) atoms. The number of nitrogens with zero attached hydrogens (tertiary/aromatic N) is 1. The smallest absolute Gasteiger partial charge is 0.325 e. The van der Waals surface area contributed by atoms with Crippen molar-refractivity contribution < 1.29 is 19.0 Å². The molecule has 1 heterocycles. The third-order valence-electron chi connectivity index (χ3n) is 3.24. The van der Waals surface area contributed by atoms with E-state index in [1.165, 1.54) is 7.11 Å². The summed E-state index contributed by atoms with van der Waals surface area (Å²) in [6.07, 6.45) is 0. The van der Waals surface area contributed by atoms with E-state index in [-0.39, 0.29) is 12.0 Å². The van der Waals surface area contributed by atoms with Gasteiger partial charge in [0.05, 0.1) is 25.3 Å². The minimum atomic E-state index is -0.381. The van der Waals surface area contributed by atoms with E-state index in [1.54, 1.807) is 18.2 Å². The van der Waals surface area contributed by atoms with Crippen LogP contribution in [0.1, 0.15) is 0 Å². The molecule has 0 aliphatic carbocycles. The number of methoxy groups -OCH3 is 1. The van der Waals surface area contributed by atoms with Crippen molar-refractivity contribution in [3.8, 4) is 5.75 Å². The van der Waals surface area contributed by atoms with Crippen molar-refractivity contribution in [2.45, 2.75) is 6.04 Å². The van der Waals surface area contributed by atoms with Crippen molar-refractivity contribution in [1.82, 2.24) is 4.90 Å². The molecule has 0 amide bonds. The number of carbonyl (C=O) groups is 1. The molecule has 0 radical (unpaired) electrons. The van der Waals surface area contributed by atoms with Gasteiger partial charge in [0, 0.05) is 18.1 Å². The lowest BCUT2D eigenvalue weighted by Gasteiger charge is -2.33. The highest BCUT2D eigenvalue weighted by Gasteiger charge is 2.29. The van der Waals surface area contributed by atoms with Gasteiger partial charge in [-0.05, 0) is 18.2 Å². The van der Waals surface area contributed by atoms with E-state index in [0.717, 1.165) is 0 Å². The molecular formula is C14H17Cl2NO4. The molecule has 5 nitrogen and oxygen atoms in total. The van der Waals surface area contributed by atoms with Gasteiger partial charge in [0.1, 0.15) is 18.4 Å². The Morgan fingerprint density at radius 3 is 3.00 bits per heavy atom. The van der Waals surface area contributed by atoms with E-state index < -0.39 is 0 Å². The predicted molar refractivity (Wildman–Crippen MR) is 80.2 cm³/mol. The molecular weight excluding hydrogens is 317 g/mol. The third kappa shape index (κ3) is 4.48. The Bertz CT molecular complexity index is 498. The first kappa shape index (κ1) is 16.4. The van der Waals surface area contributed by atoms with Gasteiger partial charge in [-0.3, -0.25) is 9.69 Å². The average molecular weight is 334 g/mol. The summed E-state index contributed by atoms with van der Waals surface area (Å²) >= 11 is 11.9. The number of ether oxygens (including phenoxy) is 3. The van der Waals surface area contributed by atoms with Crippen LogP contribution in [0.5, 0.6) is 5.75 Å². The minimum absolute atomic E-state index is 0.292. The molecule has 2 rings (SSSR count). The summed E-state index contributed by atoms with van der Waals surface area (Å²) in [5, 5.41) is 1.03. The number of morpholine rings is 1. The second-order valence-corrected chi connectivity index (χ2v) is 5.42. The quantitative estimate of drug-likeness (QED) is 0.773. The molecule has 1 saturated heterocycles. The molecule has 1 aromatic carbocycles. The van der Waals surface area contributed by atoms with Gasteiger partial charge in [-0.15, -0.1) is 0 Å². The van der Waals surface area contributed by atoms with Crippen LogP contribution in [0, 0.1) is 0 Å². The van der Waals surface area contributed by atoms with Gasteiger partial charge in [0.2, 0.25) is 0 Å². The first-order chi connectivity index (χ1) is 10.1. The van der Waals surface area contributed by atoms with Gasteiger partial charge < -0.3 is 14.2 Å². The van der Waals surface area contributed by atoms with Crippen LogP contribution < -0.4 is 4.74 Å². The van der Waals surface area contributed by atoms with E-state index in [2.05, 4.69) is 0 Å². The van der Waals surface area contributed by atoms with Crippen molar-refractivity contribution in [3.05, 3.63) is 28.2 Å². The summed E-state index contributed by atoms with van der Waals surface area (Å²) in [7, 11) is 1.37. The Morgan fingerprint density at radius 1 is 1.48 bits per heavy atom. The highest BCUT2D eigenvalue weighted by molar-refractivity contribution is 6.35.